The van der Waals surface area contributed by atoms with Crippen LogP contribution in [0.1, 0.15) is 40.0 Å². The average Bonchev–Trinajstić information content (AvgIpc) is 3.11. The van der Waals surface area contributed by atoms with Crippen molar-refractivity contribution in [3.8, 4) is 0 Å². The van der Waals surface area contributed by atoms with Gasteiger partial charge < -0.3 is 19.7 Å². The zero-order valence-electron chi connectivity index (χ0n) is 15.6. The highest BCUT2D eigenvalue weighted by Gasteiger charge is 2.43. The van der Waals surface area contributed by atoms with Crippen molar-refractivity contribution in [2.75, 3.05) is 13.6 Å². The highest BCUT2D eigenvalue weighted by molar-refractivity contribution is 5.81. The summed E-state index contributed by atoms with van der Waals surface area (Å²) in [6.07, 6.45) is 4.94. The highest BCUT2D eigenvalue weighted by atomic mass is 16.5. The van der Waals surface area contributed by atoms with Crippen LogP contribution < -0.4 is 20.5 Å². The number of benzene rings is 1. The van der Waals surface area contributed by atoms with E-state index in [4.69, 9.17) is 9.72 Å². The predicted molar refractivity (Wildman–Crippen MR) is 99.6 cm³/mol. The highest BCUT2D eigenvalue weighted by Crippen LogP contribution is 2.38. The molecule has 2 aliphatic rings. The van der Waals surface area contributed by atoms with Gasteiger partial charge in [-0.25, -0.2) is 0 Å². The number of ether oxygens (including phenoxy) is 1. The number of aliphatic hydroxyl groups is 1. The number of hydrogen-bond acceptors (Lipinski definition) is 2. The Hall–Kier alpha value is -1.62. The van der Waals surface area contributed by atoms with Crippen LogP contribution >= 0.6 is 0 Å². The largest absolute Gasteiger partial charge is 0.652 e. The molecule has 0 amide bonds. The third-order valence-corrected chi connectivity index (χ3v) is 5.80. The van der Waals surface area contributed by atoms with Crippen LogP contribution in [0.25, 0.3) is 22.7 Å². The van der Waals surface area contributed by atoms with Crippen molar-refractivity contribution in [1.29, 1.82) is 0 Å². The Balaban J connectivity index is 1.76. The minimum atomic E-state index is -0.792. The van der Waals surface area contributed by atoms with E-state index in [-0.39, 0.29) is 11.7 Å². The van der Waals surface area contributed by atoms with Crippen molar-refractivity contribution in [2.45, 2.75) is 57.3 Å². The lowest BCUT2D eigenvalue weighted by Crippen LogP contribution is -3.08. The van der Waals surface area contributed by atoms with E-state index >= 15 is 0 Å². The number of rotatable bonds is 3. The molecule has 25 heavy (non-hydrogen) atoms. The SMILES string of the molecule is C[NH+]1CC=c2c([n-]c3ccccc23)=C1CC1(C)CCC(C(C)(C)O)O1. The van der Waals surface area contributed by atoms with Crippen molar-refractivity contribution < 1.29 is 14.7 Å². The van der Waals surface area contributed by atoms with Gasteiger partial charge in [-0.15, -0.1) is 5.52 Å². The minimum Gasteiger partial charge on any atom is -0.652 e. The lowest BCUT2D eigenvalue weighted by Gasteiger charge is -2.32. The molecule has 1 fully saturated rings. The monoisotopic (exact) mass is 340 g/mol. The Bertz CT molecular complexity index is 921. The molecule has 0 spiro atoms. The van der Waals surface area contributed by atoms with Gasteiger partial charge in [0, 0.05) is 6.42 Å². The van der Waals surface area contributed by atoms with Gasteiger partial charge in [-0.2, -0.15) is 0 Å². The van der Waals surface area contributed by atoms with Crippen LogP contribution in [-0.4, -0.2) is 36.0 Å². The Morgan fingerprint density at radius 3 is 2.84 bits per heavy atom. The summed E-state index contributed by atoms with van der Waals surface area (Å²) in [6.45, 7) is 6.84. The molecule has 2 aromatic rings. The maximum absolute atomic E-state index is 10.3. The zero-order valence-corrected chi connectivity index (χ0v) is 15.6. The summed E-state index contributed by atoms with van der Waals surface area (Å²) in [5, 5.41) is 14.0. The van der Waals surface area contributed by atoms with E-state index < -0.39 is 5.60 Å². The van der Waals surface area contributed by atoms with Gasteiger partial charge in [0.25, 0.3) is 0 Å². The summed E-state index contributed by atoms with van der Waals surface area (Å²) in [5.41, 5.74) is 1.37. The molecule has 0 bridgehead atoms. The number of aromatic nitrogens is 1. The van der Waals surface area contributed by atoms with E-state index in [1.807, 2.05) is 19.9 Å². The van der Waals surface area contributed by atoms with E-state index in [1.165, 1.54) is 21.2 Å². The molecular weight excluding hydrogens is 312 g/mol. The molecule has 1 aromatic heterocycles. The third-order valence-electron chi connectivity index (χ3n) is 5.80. The van der Waals surface area contributed by atoms with Crippen molar-refractivity contribution >= 4 is 22.7 Å². The number of nitrogens with zero attached hydrogens (tertiary/aromatic N) is 1. The van der Waals surface area contributed by atoms with Crippen molar-refractivity contribution in [3.05, 3.63) is 34.8 Å². The standard InChI is InChI=1S/C21H27N2O2/c1-20(2,24)18-9-11-21(3,25-18)13-17-19-15(10-12-23(17)4)14-7-5-6-8-16(14)22-19/h5-8,10,18,24H,9,11-13H2,1-4H3/q-1/p+1. The summed E-state index contributed by atoms with van der Waals surface area (Å²) in [7, 11) is 2.21. The summed E-state index contributed by atoms with van der Waals surface area (Å²) in [5.74, 6) is 0. The van der Waals surface area contributed by atoms with Crippen LogP contribution in [0.4, 0.5) is 0 Å². The fourth-order valence-corrected chi connectivity index (χ4v) is 4.26. The third kappa shape index (κ3) is 2.92. The maximum Gasteiger partial charge on any atom is 0.101 e. The van der Waals surface area contributed by atoms with Gasteiger partial charge in [-0.1, -0.05) is 29.6 Å². The summed E-state index contributed by atoms with van der Waals surface area (Å²) in [4.78, 5) is 6.31. The Labute approximate surface area is 148 Å². The van der Waals surface area contributed by atoms with E-state index in [1.54, 1.807) is 0 Å². The van der Waals surface area contributed by atoms with Crippen LogP contribution in [0, 0.1) is 0 Å². The van der Waals surface area contributed by atoms with Crippen molar-refractivity contribution in [3.63, 3.8) is 0 Å². The number of nitrogens with one attached hydrogen (secondary N) is 1. The molecule has 2 N–H and O–H groups in total. The van der Waals surface area contributed by atoms with Gasteiger partial charge in [-0.05, 0) is 50.3 Å². The number of fused-ring (bicyclic) bond motifs is 3. The number of hydrogen-bond donors (Lipinski definition) is 2. The molecule has 1 aromatic carbocycles. The van der Waals surface area contributed by atoms with Gasteiger partial charge in [0.2, 0.25) is 0 Å². The first-order valence-corrected chi connectivity index (χ1v) is 9.25. The van der Waals surface area contributed by atoms with Gasteiger partial charge in [0.05, 0.1) is 30.1 Å². The van der Waals surface area contributed by atoms with E-state index in [0.29, 0.717) is 0 Å². The Morgan fingerprint density at radius 2 is 2.12 bits per heavy atom. The van der Waals surface area contributed by atoms with Gasteiger partial charge in [0.15, 0.2) is 0 Å². The fourth-order valence-electron chi connectivity index (χ4n) is 4.26. The quantitative estimate of drug-likeness (QED) is 0.846. The van der Waals surface area contributed by atoms with E-state index in [9.17, 15) is 5.11 Å². The first-order chi connectivity index (χ1) is 11.8. The summed E-state index contributed by atoms with van der Waals surface area (Å²) < 4.78 is 6.33. The summed E-state index contributed by atoms with van der Waals surface area (Å²) in [6, 6.07) is 8.38. The smallest absolute Gasteiger partial charge is 0.101 e. The first kappa shape index (κ1) is 16.8. The van der Waals surface area contributed by atoms with Gasteiger partial charge in [0.1, 0.15) is 6.54 Å². The first-order valence-electron chi connectivity index (χ1n) is 9.25. The molecule has 134 valence electrons. The second-order valence-electron chi connectivity index (χ2n) is 8.48. The lowest BCUT2D eigenvalue weighted by molar-refractivity contribution is -0.797. The number of quaternary nitrogens is 1. The van der Waals surface area contributed by atoms with Crippen molar-refractivity contribution in [1.82, 2.24) is 4.98 Å². The molecule has 3 unspecified atom stereocenters. The van der Waals surface area contributed by atoms with Crippen LogP contribution in [0.3, 0.4) is 0 Å². The van der Waals surface area contributed by atoms with E-state index in [2.05, 4.69) is 38.2 Å². The molecule has 3 atom stereocenters. The average molecular weight is 340 g/mol. The second kappa shape index (κ2) is 5.70. The molecule has 0 radical (unpaired) electrons. The molecule has 4 heteroatoms. The molecule has 0 aliphatic carbocycles. The van der Waals surface area contributed by atoms with Crippen LogP contribution in [0.15, 0.2) is 24.3 Å². The van der Waals surface area contributed by atoms with Gasteiger partial charge >= 0.3 is 0 Å². The van der Waals surface area contributed by atoms with Crippen LogP contribution in [0.5, 0.6) is 0 Å². The topological polar surface area (TPSA) is 48.0 Å². The predicted octanol–water partition coefficient (Wildman–Crippen LogP) is 0.313. The number of para-hydroxylation sites is 1. The molecule has 2 aliphatic heterocycles. The maximum atomic E-state index is 10.3. The fraction of sp³-hybridized carbons (Fsp3) is 0.524. The lowest BCUT2D eigenvalue weighted by atomic mass is 9.93. The minimum absolute atomic E-state index is 0.0975. The molecule has 4 nitrogen and oxygen atoms in total. The normalized spacial score (nSPS) is 29.7. The Kier molecular flexibility index (Phi) is 3.83. The van der Waals surface area contributed by atoms with Crippen LogP contribution in [0.2, 0.25) is 0 Å². The Morgan fingerprint density at radius 1 is 1.36 bits per heavy atom. The zero-order chi connectivity index (χ0) is 17.8. The van der Waals surface area contributed by atoms with Crippen molar-refractivity contribution in [2.24, 2.45) is 0 Å². The van der Waals surface area contributed by atoms with E-state index in [0.717, 1.165) is 36.7 Å². The van der Waals surface area contributed by atoms with Crippen LogP contribution in [-0.2, 0) is 4.74 Å². The van der Waals surface area contributed by atoms with Gasteiger partial charge in [-0.3, -0.25) is 0 Å². The molecule has 0 saturated carbocycles. The second-order valence-corrected chi connectivity index (χ2v) is 8.48. The molecular formula is C21H28N2O2. The molecule has 4 rings (SSSR count). The summed E-state index contributed by atoms with van der Waals surface area (Å²) >= 11 is 0. The molecule has 1 saturated heterocycles. The molecule has 3 heterocycles.